The van der Waals surface area contributed by atoms with Crippen molar-refractivity contribution in [2.24, 2.45) is 0 Å². The van der Waals surface area contributed by atoms with Crippen LogP contribution in [0.1, 0.15) is 49.4 Å². The molecule has 1 atom stereocenters. The lowest BCUT2D eigenvalue weighted by atomic mass is 10.1. The lowest BCUT2D eigenvalue weighted by molar-refractivity contribution is -0.130. The number of rotatable bonds is 4. The molecule has 2 saturated heterocycles. The molecule has 2 aliphatic heterocycles. The van der Waals surface area contributed by atoms with E-state index in [-0.39, 0.29) is 17.9 Å². The number of hydrogen-bond acceptors (Lipinski definition) is 4. The maximum Gasteiger partial charge on any atom is 0.255 e. The van der Waals surface area contributed by atoms with Crippen molar-refractivity contribution < 1.29 is 14.3 Å². The Bertz CT molecular complexity index is 582. The van der Waals surface area contributed by atoms with Crippen molar-refractivity contribution in [1.29, 1.82) is 0 Å². The van der Waals surface area contributed by atoms with Crippen LogP contribution >= 0.6 is 0 Å². The van der Waals surface area contributed by atoms with Gasteiger partial charge in [0.05, 0.1) is 12.1 Å². The van der Waals surface area contributed by atoms with Crippen molar-refractivity contribution in [1.82, 2.24) is 14.8 Å². The zero-order valence-electron chi connectivity index (χ0n) is 14.2. The number of pyridine rings is 1. The average Bonchev–Trinajstić information content (AvgIpc) is 3.10. The second-order valence-electron chi connectivity index (χ2n) is 6.46. The number of likely N-dealkylation sites (tertiary alicyclic amines) is 2. The summed E-state index contributed by atoms with van der Waals surface area (Å²) < 4.78 is 5.85. The first-order valence-electron chi connectivity index (χ1n) is 8.87. The third kappa shape index (κ3) is 3.86. The second kappa shape index (κ2) is 7.64. The van der Waals surface area contributed by atoms with E-state index in [4.69, 9.17) is 4.74 Å². The summed E-state index contributed by atoms with van der Waals surface area (Å²) in [5, 5.41) is 0. The summed E-state index contributed by atoms with van der Waals surface area (Å²) in [7, 11) is 0. The molecule has 0 N–H and O–H groups in total. The molecule has 1 aromatic rings. The molecule has 0 spiro atoms. The van der Waals surface area contributed by atoms with E-state index in [0.29, 0.717) is 24.4 Å². The summed E-state index contributed by atoms with van der Waals surface area (Å²) in [5.41, 5.74) is 0.610. The van der Waals surface area contributed by atoms with Crippen LogP contribution in [0.25, 0.3) is 0 Å². The number of carbonyl (C=O) groups is 2. The van der Waals surface area contributed by atoms with Crippen LogP contribution in [0, 0.1) is 0 Å². The van der Waals surface area contributed by atoms with Crippen molar-refractivity contribution in [3.8, 4) is 5.88 Å². The first-order chi connectivity index (χ1) is 11.7. The van der Waals surface area contributed by atoms with Gasteiger partial charge in [-0.05, 0) is 25.3 Å². The Morgan fingerprint density at radius 1 is 1.17 bits per heavy atom. The molecule has 0 radical (unpaired) electrons. The molecular weight excluding hydrogens is 306 g/mol. The van der Waals surface area contributed by atoms with E-state index in [9.17, 15) is 9.59 Å². The van der Waals surface area contributed by atoms with Crippen LogP contribution in [0.5, 0.6) is 5.88 Å². The fourth-order valence-corrected chi connectivity index (χ4v) is 3.30. The lowest BCUT2D eigenvalue weighted by Gasteiger charge is -2.26. The van der Waals surface area contributed by atoms with Crippen LogP contribution in [0.15, 0.2) is 18.3 Å². The predicted molar refractivity (Wildman–Crippen MR) is 89.9 cm³/mol. The molecule has 2 aliphatic rings. The van der Waals surface area contributed by atoms with Crippen LogP contribution < -0.4 is 4.74 Å². The third-order valence-corrected chi connectivity index (χ3v) is 4.71. The van der Waals surface area contributed by atoms with Gasteiger partial charge < -0.3 is 14.5 Å². The standard InChI is InChI=1S/C18H25N3O3/c1-2-17(22)21-11-8-15(13-21)24-16-7-6-14(12-19-16)18(23)20-9-4-3-5-10-20/h6-7,12,15H,2-5,8-11,13H2,1H3. The molecule has 0 aromatic carbocycles. The molecular formula is C18H25N3O3. The molecule has 2 amide bonds. The van der Waals surface area contributed by atoms with Gasteiger partial charge in [0, 0.05) is 44.7 Å². The smallest absolute Gasteiger partial charge is 0.255 e. The molecule has 0 bridgehead atoms. The number of piperidine rings is 1. The first-order valence-corrected chi connectivity index (χ1v) is 8.87. The summed E-state index contributed by atoms with van der Waals surface area (Å²) in [4.78, 5) is 32.1. The van der Waals surface area contributed by atoms with Crippen LogP contribution in [0.3, 0.4) is 0 Å². The Morgan fingerprint density at radius 2 is 1.96 bits per heavy atom. The Kier molecular flexibility index (Phi) is 5.33. The minimum absolute atomic E-state index is 0.0170. The van der Waals surface area contributed by atoms with Crippen LogP contribution in [-0.4, -0.2) is 58.9 Å². The van der Waals surface area contributed by atoms with Gasteiger partial charge in [0.25, 0.3) is 5.91 Å². The minimum atomic E-state index is -0.0170. The summed E-state index contributed by atoms with van der Waals surface area (Å²) in [6.45, 7) is 4.89. The van der Waals surface area contributed by atoms with E-state index in [2.05, 4.69) is 4.98 Å². The van der Waals surface area contributed by atoms with E-state index in [0.717, 1.165) is 38.9 Å². The van der Waals surface area contributed by atoms with E-state index in [1.54, 1.807) is 18.3 Å². The predicted octanol–water partition coefficient (Wildman–Crippen LogP) is 2.10. The summed E-state index contributed by atoms with van der Waals surface area (Å²) >= 11 is 0. The van der Waals surface area contributed by atoms with Gasteiger partial charge in [-0.1, -0.05) is 6.92 Å². The molecule has 24 heavy (non-hydrogen) atoms. The van der Waals surface area contributed by atoms with Gasteiger partial charge in [0.15, 0.2) is 0 Å². The monoisotopic (exact) mass is 331 g/mol. The molecule has 3 rings (SSSR count). The van der Waals surface area contributed by atoms with Gasteiger partial charge in [-0.15, -0.1) is 0 Å². The maximum absolute atomic E-state index is 12.4. The van der Waals surface area contributed by atoms with Crippen LogP contribution in [0.2, 0.25) is 0 Å². The second-order valence-corrected chi connectivity index (χ2v) is 6.46. The normalized spacial score (nSPS) is 21.0. The van der Waals surface area contributed by atoms with Gasteiger partial charge in [-0.3, -0.25) is 9.59 Å². The Labute approximate surface area is 142 Å². The number of nitrogens with zero attached hydrogens (tertiary/aromatic N) is 3. The zero-order chi connectivity index (χ0) is 16.9. The molecule has 6 heteroatoms. The highest BCUT2D eigenvalue weighted by Gasteiger charge is 2.27. The molecule has 0 aliphatic carbocycles. The number of carbonyl (C=O) groups excluding carboxylic acids is 2. The van der Waals surface area contributed by atoms with Crippen molar-refractivity contribution >= 4 is 11.8 Å². The average molecular weight is 331 g/mol. The number of hydrogen-bond donors (Lipinski definition) is 0. The first kappa shape index (κ1) is 16.7. The quantitative estimate of drug-likeness (QED) is 0.847. The molecule has 1 aromatic heterocycles. The van der Waals surface area contributed by atoms with E-state index >= 15 is 0 Å². The highest BCUT2D eigenvalue weighted by molar-refractivity contribution is 5.94. The van der Waals surface area contributed by atoms with Gasteiger partial charge in [-0.2, -0.15) is 0 Å². The molecule has 130 valence electrons. The molecule has 2 fully saturated rings. The maximum atomic E-state index is 12.4. The van der Waals surface area contributed by atoms with E-state index < -0.39 is 0 Å². The van der Waals surface area contributed by atoms with Crippen molar-refractivity contribution in [2.75, 3.05) is 26.2 Å². The van der Waals surface area contributed by atoms with Crippen molar-refractivity contribution in [3.63, 3.8) is 0 Å². The molecule has 0 saturated carbocycles. The fraction of sp³-hybridized carbons (Fsp3) is 0.611. The highest BCUT2D eigenvalue weighted by Crippen LogP contribution is 2.19. The van der Waals surface area contributed by atoms with E-state index in [1.807, 2.05) is 16.7 Å². The fourth-order valence-electron chi connectivity index (χ4n) is 3.30. The molecule has 6 nitrogen and oxygen atoms in total. The van der Waals surface area contributed by atoms with E-state index in [1.165, 1.54) is 6.42 Å². The largest absolute Gasteiger partial charge is 0.472 e. The summed E-state index contributed by atoms with van der Waals surface area (Å²) in [6, 6.07) is 3.53. The van der Waals surface area contributed by atoms with Crippen LogP contribution in [0.4, 0.5) is 0 Å². The third-order valence-electron chi connectivity index (χ3n) is 4.71. The Hall–Kier alpha value is -2.11. The summed E-state index contributed by atoms with van der Waals surface area (Å²) in [5.74, 6) is 0.729. The highest BCUT2D eigenvalue weighted by atomic mass is 16.5. The van der Waals surface area contributed by atoms with Gasteiger partial charge in [0.2, 0.25) is 11.8 Å². The zero-order valence-corrected chi connectivity index (χ0v) is 14.2. The molecule has 3 heterocycles. The topological polar surface area (TPSA) is 62.7 Å². The van der Waals surface area contributed by atoms with Crippen LogP contribution in [-0.2, 0) is 4.79 Å². The SMILES string of the molecule is CCC(=O)N1CCC(Oc2ccc(C(=O)N3CCCCC3)cn2)C1. The number of ether oxygens (including phenoxy) is 1. The Balaban J connectivity index is 1.55. The van der Waals surface area contributed by atoms with Gasteiger partial charge in [0.1, 0.15) is 6.10 Å². The van der Waals surface area contributed by atoms with Gasteiger partial charge >= 0.3 is 0 Å². The minimum Gasteiger partial charge on any atom is -0.472 e. The van der Waals surface area contributed by atoms with Crippen molar-refractivity contribution in [2.45, 2.75) is 45.1 Å². The lowest BCUT2D eigenvalue weighted by Crippen LogP contribution is -2.35. The van der Waals surface area contributed by atoms with Gasteiger partial charge in [-0.25, -0.2) is 4.98 Å². The number of amides is 2. The number of aromatic nitrogens is 1. The summed E-state index contributed by atoms with van der Waals surface area (Å²) in [6.07, 6.45) is 6.28. The molecule has 1 unspecified atom stereocenters. The van der Waals surface area contributed by atoms with Crippen molar-refractivity contribution in [3.05, 3.63) is 23.9 Å². The Morgan fingerprint density at radius 3 is 2.62 bits per heavy atom.